The van der Waals surface area contributed by atoms with Crippen LogP contribution in [0.4, 0.5) is 5.82 Å². The van der Waals surface area contributed by atoms with E-state index in [1.807, 2.05) is 0 Å². The third-order valence-electron chi connectivity index (χ3n) is 2.22. The van der Waals surface area contributed by atoms with Gasteiger partial charge in [-0.25, -0.2) is 9.97 Å². The summed E-state index contributed by atoms with van der Waals surface area (Å²) in [5.41, 5.74) is 0.542. The van der Waals surface area contributed by atoms with Gasteiger partial charge < -0.3 is 5.11 Å². The summed E-state index contributed by atoms with van der Waals surface area (Å²) >= 11 is 3.21. The molecule has 2 aromatic rings. The van der Waals surface area contributed by atoms with Gasteiger partial charge in [-0.2, -0.15) is 8.42 Å². The molecule has 19 heavy (non-hydrogen) atoms. The number of anilines is 1. The van der Waals surface area contributed by atoms with Crippen LogP contribution in [0.2, 0.25) is 0 Å². The molecule has 2 N–H and O–H groups in total. The van der Waals surface area contributed by atoms with Crippen molar-refractivity contribution in [1.29, 1.82) is 0 Å². The number of nitrogens with zero attached hydrogens (tertiary/aromatic N) is 2. The maximum absolute atomic E-state index is 12.0. The number of sulfonamides is 1. The van der Waals surface area contributed by atoms with Gasteiger partial charge in [0.2, 0.25) is 0 Å². The average Bonchev–Trinajstić information content (AvgIpc) is 2.41. The van der Waals surface area contributed by atoms with Crippen LogP contribution in [0.3, 0.4) is 0 Å². The van der Waals surface area contributed by atoms with Crippen LogP contribution < -0.4 is 4.72 Å². The maximum Gasteiger partial charge on any atom is 0.280 e. The lowest BCUT2D eigenvalue weighted by atomic mass is 10.3. The topological polar surface area (TPSA) is 92.2 Å². The second kappa shape index (κ2) is 5.64. The Morgan fingerprint density at radius 3 is 2.47 bits per heavy atom. The van der Waals surface area contributed by atoms with Crippen molar-refractivity contribution in [3.8, 4) is 0 Å². The lowest BCUT2D eigenvalue weighted by Gasteiger charge is -2.06. The van der Waals surface area contributed by atoms with Crippen LogP contribution in [-0.4, -0.2) is 23.5 Å². The van der Waals surface area contributed by atoms with Crippen LogP contribution in [0.1, 0.15) is 5.56 Å². The Balaban J connectivity index is 2.24. The number of pyridine rings is 2. The second-order valence-electron chi connectivity index (χ2n) is 3.63. The SMILES string of the molecule is O=S(=O)(Nc1ccc(Br)cn1)c1ccc(CO)cn1. The minimum atomic E-state index is -3.77. The van der Waals surface area contributed by atoms with Gasteiger partial charge in [0.05, 0.1) is 6.61 Å². The standard InChI is InChI=1S/C11H10BrN3O3S/c12-9-2-3-10(13-6-9)15-19(17,18)11-4-1-8(7-16)5-14-11/h1-6,16H,7H2,(H,13,15). The van der Waals surface area contributed by atoms with E-state index in [2.05, 4.69) is 30.6 Å². The molecule has 0 aliphatic heterocycles. The monoisotopic (exact) mass is 343 g/mol. The van der Waals surface area contributed by atoms with Crippen molar-refractivity contribution in [2.75, 3.05) is 4.72 Å². The highest BCUT2D eigenvalue weighted by Gasteiger charge is 2.16. The third-order valence-corrected chi connectivity index (χ3v) is 3.96. The molecule has 0 amide bonds. The number of halogens is 1. The zero-order chi connectivity index (χ0) is 13.9. The highest BCUT2D eigenvalue weighted by atomic mass is 79.9. The summed E-state index contributed by atoms with van der Waals surface area (Å²) in [4.78, 5) is 7.71. The molecule has 2 aromatic heterocycles. The van der Waals surface area contributed by atoms with Gasteiger partial charge >= 0.3 is 0 Å². The zero-order valence-electron chi connectivity index (χ0n) is 9.62. The second-order valence-corrected chi connectivity index (χ2v) is 6.17. The van der Waals surface area contributed by atoms with Crippen LogP contribution in [-0.2, 0) is 16.6 Å². The predicted molar refractivity (Wildman–Crippen MR) is 72.9 cm³/mol. The first kappa shape index (κ1) is 13.9. The Morgan fingerprint density at radius 1 is 1.16 bits per heavy atom. The van der Waals surface area contributed by atoms with E-state index >= 15 is 0 Å². The molecule has 2 rings (SSSR count). The summed E-state index contributed by atoms with van der Waals surface area (Å²) in [5, 5.41) is 8.74. The number of hydrogen-bond acceptors (Lipinski definition) is 5. The van der Waals surface area contributed by atoms with Crippen molar-refractivity contribution in [2.24, 2.45) is 0 Å². The molecule has 0 aliphatic carbocycles. The van der Waals surface area contributed by atoms with E-state index in [1.165, 1.54) is 30.6 Å². The summed E-state index contributed by atoms with van der Waals surface area (Å²) in [5.74, 6) is 0.205. The van der Waals surface area contributed by atoms with Gasteiger partial charge in [0.15, 0.2) is 5.03 Å². The molecule has 100 valence electrons. The van der Waals surface area contributed by atoms with Crippen molar-refractivity contribution in [3.05, 3.63) is 46.7 Å². The van der Waals surface area contributed by atoms with Gasteiger partial charge in [-0.15, -0.1) is 0 Å². The minimum Gasteiger partial charge on any atom is -0.392 e. The summed E-state index contributed by atoms with van der Waals surface area (Å²) in [6.07, 6.45) is 2.80. The Hall–Kier alpha value is -1.51. The fourth-order valence-corrected chi connectivity index (χ4v) is 2.46. The molecule has 0 atom stereocenters. The molecule has 0 aliphatic rings. The first-order chi connectivity index (χ1) is 9.01. The van der Waals surface area contributed by atoms with E-state index in [-0.39, 0.29) is 17.5 Å². The molecule has 8 heteroatoms. The van der Waals surface area contributed by atoms with E-state index in [4.69, 9.17) is 5.11 Å². The molecule has 0 bridgehead atoms. The molecular weight excluding hydrogens is 334 g/mol. The van der Waals surface area contributed by atoms with Crippen LogP contribution in [0.15, 0.2) is 46.2 Å². The van der Waals surface area contributed by atoms with E-state index in [9.17, 15) is 8.42 Å². The van der Waals surface area contributed by atoms with Crippen molar-refractivity contribution in [3.63, 3.8) is 0 Å². The van der Waals surface area contributed by atoms with Gasteiger partial charge in [0.25, 0.3) is 10.0 Å². The highest BCUT2D eigenvalue weighted by Crippen LogP contribution is 2.15. The minimum absolute atomic E-state index is 0.130. The number of aliphatic hydroxyl groups excluding tert-OH is 1. The molecule has 6 nitrogen and oxygen atoms in total. The fraction of sp³-hybridized carbons (Fsp3) is 0.0909. The Labute approximate surface area is 118 Å². The molecule has 0 radical (unpaired) electrons. The largest absolute Gasteiger partial charge is 0.392 e. The first-order valence-electron chi connectivity index (χ1n) is 5.21. The Morgan fingerprint density at radius 2 is 1.95 bits per heavy atom. The quantitative estimate of drug-likeness (QED) is 0.878. The normalized spacial score (nSPS) is 11.3. The number of hydrogen-bond donors (Lipinski definition) is 2. The van der Waals surface area contributed by atoms with Crippen LogP contribution >= 0.6 is 15.9 Å². The van der Waals surface area contributed by atoms with Crippen LogP contribution in [0.5, 0.6) is 0 Å². The van der Waals surface area contributed by atoms with E-state index in [1.54, 1.807) is 6.07 Å². The summed E-state index contributed by atoms with van der Waals surface area (Å²) in [7, 11) is -3.77. The first-order valence-corrected chi connectivity index (χ1v) is 7.49. The number of aromatic nitrogens is 2. The van der Waals surface area contributed by atoms with Crippen LogP contribution in [0.25, 0.3) is 0 Å². The van der Waals surface area contributed by atoms with E-state index < -0.39 is 10.0 Å². The van der Waals surface area contributed by atoms with Gasteiger partial charge in [-0.1, -0.05) is 6.07 Å². The van der Waals surface area contributed by atoms with Crippen molar-refractivity contribution < 1.29 is 13.5 Å². The van der Waals surface area contributed by atoms with Crippen molar-refractivity contribution in [1.82, 2.24) is 9.97 Å². The highest BCUT2D eigenvalue weighted by molar-refractivity contribution is 9.10. The molecule has 0 saturated heterocycles. The summed E-state index contributed by atoms with van der Waals surface area (Å²) in [6, 6.07) is 6.03. The van der Waals surface area contributed by atoms with Gasteiger partial charge in [-0.05, 0) is 39.7 Å². The molecule has 0 spiro atoms. The Kier molecular flexibility index (Phi) is 4.13. The lowest BCUT2D eigenvalue weighted by molar-refractivity contribution is 0.281. The van der Waals surface area contributed by atoms with E-state index in [0.717, 1.165) is 4.47 Å². The third kappa shape index (κ3) is 3.49. The number of aliphatic hydroxyl groups is 1. The van der Waals surface area contributed by atoms with Crippen molar-refractivity contribution >= 4 is 31.8 Å². The maximum atomic E-state index is 12.0. The number of nitrogens with one attached hydrogen (secondary N) is 1. The van der Waals surface area contributed by atoms with Gasteiger partial charge in [-0.3, -0.25) is 4.72 Å². The molecule has 0 saturated carbocycles. The zero-order valence-corrected chi connectivity index (χ0v) is 12.0. The number of rotatable bonds is 4. The molecule has 0 aromatic carbocycles. The fourth-order valence-electron chi connectivity index (χ4n) is 1.29. The Bertz CT molecular complexity index is 657. The van der Waals surface area contributed by atoms with E-state index in [0.29, 0.717) is 5.56 Å². The van der Waals surface area contributed by atoms with Gasteiger partial charge in [0, 0.05) is 16.9 Å². The summed E-state index contributed by atoms with van der Waals surface area (Å²) < 4.78 is 27.1. The van der Waals surface area contributed by atoms with Crippen LogP contribution in [0, 0.1) is 0 Å². The molecule has 0 fully saturated rings. The van der Waals surface area contributed by atoms with Crippen molar-refractivity contribution in [2.45, 2.75) is 11.6 Å². The molecular formula is C11H10BrN3O3S. The predicted octanol–water partition coefficient (Wildman–Crippen LogP) is 1.53. The smallest absolute Gasteiger partial charge is 0.280 e. The lowest BCUT2D eigenvalue weighted by Crippen LogP contribution is -2.15. The molecule has 0 unspecified atom stereocenters. The average molecular weight is 344 g/mol. The summed E-state index contributed by atoms with van der Waals surface area (Å²) in [6.45, 7) is -0.185. The molecule has 2 heterocycles. The van der Waals surface area contributed by atoms with Gasteiger partial charge in [0.1, 0.15) is 5.82 Å².